The molecule has 2 aromatic rings. The molecule has 7 nitrogen and oxygen atoms in total. The SMILES string of the molecule is O=C1N(C[C@H]2COCCO2)c2ccccc2C12COc1cc3c(cc12)OCCO3. The third-order valence-electron chi connectivity index (χ3n) is 6.08. The summed E-state index contributed by atoms with van der Waals surface area (Å²) in [6.07, 6.45) is -0.141. The van der Waals surface area contributed by atoms with Crippen LogP contribution in [0.3, 0.4) is 0 Å². The van der Waals surface area contributed by atoms with Crippen molar-refractivity contribution in [3.63, 3.8) is 0 Å². The van der Waals surface area contributed by atoms with Crippen LogP contribution in [0.1, 0.15) is 11.1 Å². The van der Waals surface area contributed by atoms with Crippen LogP contribution in [0.5, 0.6) is 17.2 Å². The molecule has 1 amide bonds. The molecule has 0 aromatic heterocycles. The van der Waals surface area contributed by atoms with Crippen molar-refractivity contribution in [2.45, 2.75) is 11.5 Å². The van der Waals surface area contributed by atoms with E-state index in [0.29, 0.717) is 56.8 Å². The monoisotopic (exact) mass is 395 g/mol. The minimum Gasteiger partial charge on any atom is -0.491 e. The molecule has 4 aliphatic rings. The van der Waals surface area contributed by atoms with E-state index in [2.05, 4.69) is 0 Å². The maximum absolute atomic E-state index is 13.9. The van der Waals surface area contributed by atoms with Gasteiger partial charge in [-0.15, -0.1) is 0 Å². The van der Waals surface area contributed by atoms with Gasteiger partial charge in [-0.25, -0.2) is 0 Å². The summed E-state index contributed by atoms with van der Waals surface area (Å²) in [7, 11) is 0. The molecule has 150 valence electrons. The molecule has 0 aliphatic carbocycles. The molecule has 7 heteroatoms. The molecule has 1 unspecified atom stereocenters. The summed E-state index contributed by atoms with van der Waals surface area (Å²) in [6.45, 7) is 3.36. The second-order valence-corrected chi connectivity index (χ2v) is 7.69. The predicted molar refractivity (Wildman–Crippen MR) is 103 cm³/mol. The van der Waals surface area contributed by atoms with Crippen molar-refractivity contribution in [3.8, 4) is 17.2 Å². The third-order valence-corrected chi connectivity index (χ3v) is 6.08. The van der Waals surface area contributed by atoms with Crippen molar-refractivity contribution in [2.24, 2.45) is 0 Å². The van der Waals surface area contributed by atoms with Crippen LogP contribution >= 0.6 is 0 Å². The Morgan fingerprint density at radius 1 is 0.931 bits per heavy atom. The second kappa shape index (κ2) is 6.37. The van der Waals surface area contributed by atoms with E-state index in [1.807, 2.05) is 41.3 Å². The number of ether oxygens (including phenoxy) is 5. The van der Waals surface area contributed by atoms with Crippen molar-refractivity contribution in [1.29, 1.82) is 0 Å². The van der Waals surface area contributed by atoms with Crippen molar-refractivity contribution in [2.75, 3.05) is 51.1 Å². The van der Waals surface area contributed by atoms with Gasteiger partial charge in [-0.1, -0.05) is 18.2 Å². The average molecular weight is 395 g/mol. The van der Waals surface area contributed by atoms with E-state index in [0.717, 1.165) is 16.8 Å². The van der Waals surface area contributed by atoms with Crippen LogP contribution in [-0.4, -0.2) is 58.2 Å². The maximum Gasteiger partial charge on any atom is 0.245 e. The normalized spacial score (nSPS) is 27.0. The Morgan fingerprint density at radius 2 is 1.76 bits per heavy atom. The number of carbonyl (C=O) groups excluding carboxylic acids is 1. The third kappa shape index (κ3) is 2.41. The molecule has 0 bridgehead atoms. The molecule has 2 atom stereocenters. The Kier molecular flexibility index (Phi) is 3.76. The fourth-order valence-electron chi connectivity index (χ4n) is 4.74. The first-order chi connectivity index (χ1) is 14.3. The van der Waals surface area contributed by atoms with E-state index in [1.165, 1.54) is 0 Å². The van der Waals surface area contributed by atoms with Crippen molar-refractivity contribution >= 4 is 11.6 Å². The molecule has 4 heterocycles. The van der Waals surface area contributed by atoms with E-state index in [-0.39, 0.29) is 18.6 Å². The Hall–Kier alpha value is -2.77. The minimum absolute atomic E-state index is 0.00306. The van der Waals surface area contributed by atoms with Gasteiger partial charge in [0.2, 0.25) is 5.91 Å². The Morgan fingerprint density at radius 3 is 2.59 bits per heavy atom. The summed E-state index contributed by atoms with van der Waals surface area (Å²) < 4.78 is 28.8. The Balaban J connectivity index is 1.45. The van der Waals surface area contributed by atoms with E-state index >= 15 is 0 Å². The molecule has 1 fully saturated rings. The van der Waals surface area contributed by atoms with Crippen molar-refractivity contribution in [3.05, 3.63) is 47.5 Å². The lowest BCUT2D eigenvalue weighted by Crippen LogP contribution is -2.47. The van der Waals surface area contributed by atoms with Gasteiger partial charge in [0, 0.05) is 17.3 Å². The molecular weight excluding hydrogens is 374 g/mol. The minimum atomic E-state index is -0.878. The zero-order chi connectivity index (χ0) is 19.4. The predicted octanol–water partition coefficient (Wildman–Crippen LogP) is 1.90. The van der Waals surface area contributed by atoms with Gasteiger partial charge >= 0.3 is 0 Å². The zero-order valence-electron chi connectivity index (χ0n) is 15.9. The second-order valence-electron chi connectivity index (χ2n) is 7.69. The molecule has 0 N–H and O–H groups in total. The van der Waals surface area contributed by atoms with E-state index in [9.17, 15) is 4.79 Å². The first-order valence-electron chi connectivity index (χ1n) is 9.95. The largest absolute Gasteiger partial charge is 0.491 e. The Bertz CT molecular complexity index is 985. The number of hydrogen-bond acceptors (Lipinski definition) is 6. The van der Waals surface area contributed by atoms with Crippen LogP contribution < -0.4 is 19.1 Å². The summed E-state index contributed by atoms with van der Waals surface area (Å²) in [6, 6.07) is 11.7. The van der Waals surface area contributed by atoms with Crippen LogP contribution in [0, 0.1) is 0 Å². The van der Waals surface area contributed by atoms with Crippen molar-refractivity contribution < 1.29 is 28.5 Å². The number of fused-ring (bicyclic) bond motifs is 5. The van der Waals surface area contributed by atoms with Gasteiger partial charge in [-0.2, -0.15) is 0 Å². The van der Waals surface area contributed by atoms with Gasteiger partial charge in [-0.05, 0) is 17.7 Å². The highest BCUT2D eigenvalue weighted by Crippen LogP contribution is 2.54. The standard InChI is InChI=1S/C22H21NO6/c24-21-22(13-29-18-10-20-19(9-16(18)22)27-7-8-28-20)15-3-1-2-4-17(15)23(21)11-14-12-25-5-6-26-14/h1-4,9-10,14H,5-8,11-13H2/t14-,22?/m0/s1. The Labute approximate surface area is 168 Å². The van der Waals surface area contributed by atoms with Gasteiger partial charge in [0.25, 0.3) is 0 Å². The molecule has 0 radical (unpaired) electrons. The van der Waals surface area contributed by atoms with E-state index < -0.39 is 5.41 Å². The molecule has 1 saturated heterocycles. The number of benzene rings is 2. The number of carbonyl (C=O) groups is 1. The number of amides is 1. The van der Waals surface area contributed by atoms with Gasteiger partial charge in [0.15, 0.2) is 11.5 Å². The summed E-state index contributed by atoms with van der Waals surface area (Å²) in [5, 5.41) is 0. The molecule has 29 heavy (non-hydrogen) atoms. The van der Waals surface area contributed by atoms with Gasteiger partial charge in [0.1, 0.15) is 31.0 Å². The fraction of sp³-hybridized carbons (Fsp3) is 0.409. The highest BCUT2D eigenvalue weighted by Gasteiger charge is 2.57. The first kappa shape index (κ1) is 17.1. The van der Waals surface area contributed by atoms with Crippen molar-refractivity contribution in [1.82, 2.24) is 0 Å². The van der Waals surface area contributed by atoms with E-state index in [1.54, 1.807) is 0 Å². The quantitative estimate of drug-likeness (QED) is 0.774. The van der Waals surface area contributed by atoms with Crippen LogP contribution in [0.15, 0.2) is 36.4 Å². The first-order valence-corrected chi connectivity index (χ1v) is 9.95. The lowest BCUT2D eigenvalue weighted by molar-refractivity contribution is -0.123. The molecule has 0 saturated carbocycles. The molecule has 1 spiro atoms. The number of nitrogens with zero attached hydrogens (tertiary/aromatic N) is 1. The van der Waals surface area contributed by atoms with E-state index in [4.69, 9.17) is 23.7 Å². The highest BCUT2D eigenvalue weighted by atomic mass is 16.6. The summed E-state index contributed by atoms with van der Waals surface area (Å²) in [4.78, 5) is 15.7. The zero-order valence-corrected chi connectivity index (χ0v) is 15.9. The fourth-order valence-corrected chi connectivity index (χ4v) is 4.74. The molecular formula is C22H21NO6. The van der Waals surface area contributed by atoms with Crippen LogP contribution in [0.25, 0.3) is 0 Å². The number of anilines is 1. The number of para-hydroxylation sites is 1. The van der Waals surface area contributed by atoms with Gasteiger partial charge in [0.05, 0.1) is 32.5 Å². The summed E-state index contributed by atoms with van der Waals surface area (Å²) >= 11 is 0. The topological polar surface area (TPSA) is 66.5 Å². The van der Waals surface area contributed by atoms with Gasteiger partial charge < -0.3 is 28.6 Å². The smallest absolute Gasteiger partial charge is 0.245 e. The highest BCUT2D eigenvalue weighted by molar-refractivity contribution is 6.11. The number of hydrogen-bond donors (Lipinski definition) is 0. The van der Waals surface area contributed by atoms with Crippen LogP contribution in [0.4, 0.5) is 5.69 Å². The molecule has 4 aliphatic heterocycles. The molecule has 6 rings (SSSR count). The lowest BCUT2D eigenvalue weighted by Gasteiger charge is -2.29. The lowest BCUT2D eigenvalue weighted by atomic mass is 9.77. The summed E-state index contributed by atoms with van der Waals surface area (Å²) in [5.74, 6) is 2.00. The molecule has 2 aromatic carbocycles. The maximum atomic E-state index is 13.9. The van der Waals surface area contributed by atoms with Crippen LogP contribution in [0.2, 0.25) is 0 Å². The average Bonchev–Trinajstić information content (AvgIpc) is 3.25. The summed E-state index contributed by atoms with van der Waals surface area (Å²) in [5.41, 5.74) is 1.81. The number of rotatable bonds is 2. The van der Waals surface area contributed by atoms with Gasteiger partial charge in [-0.3, -0.25) is 4.79 Å². The van der Waals surface area contributed by atoms with Crippen LogP contribution in [-0.2, 0) is 19.7 Å².